The van der Waals surface area contributed by atoms with E-state index >= 15 is 0 Å². The molecule has 0 aromatic carbocycles. The fraction of sp³-hybridized carbons (Fsp3) is 0.900. The molecular formula is C10H21N3O. The molecule has 1 fully saturated rings. The van der Waals surface area contributed by atoms with E-state index in [0.29, 0.717) is 6.04 Å². The van der Waals surface area contributed by atoms with Crippen molar-refractivity contribution in [2.45, 2.75) is 31.8 Å². The molecule has 2 unspecified atom stereocenters. The van der Waals surface area contributed by atoms with Crippen LogP contribution in [0.25, 0.3) is 0 Å². The molecular weight excluding hydrogens is 178 g/mol. The van der Waals surface area contributed by atoms with E-state index in [9.17, 15) is 4.79 Å². The van der Waals surface area contributed by atoms with Gasteiger partial charge in [0.25, 0.3) is 0 Å². The number of hydrogen-bond donors (Lipinski definition) is 2. The van der Waals surface area contributed by atoms with Crippen LogP contribution in [0.4, 0.5) is 0 Å². The van der Waals surface area contributed by atoms with E-state index in [1.54, 1.807) is 7.05 Å². The minimum absolute atomic E-state index is 0.0608. The Bertz CT molecular complexity index is 196. The molecule has 2 N–H and O–H groups in total. The highest BCUT2D eigenvalue weighted by molar-refractivity contribution is 5.80. The van der Waals surface area contributed by atoms with Crippen LogP contribution in [0.5, 0.6) is 0 Å². The lowest BCUT2D eigenvalue weighted by molar-refractivity contribution is -0.122. The second kappa shape index (κ2) is 5.32. The largest absolute Gasteiger partial charge is 0.358 e. The average molecular weight is 199 g/mol. The van der Waals surface area contributed by atoms with Crippen LogP contribution in [0.2, 0.25) is 0 Å². The molecule has 1 heterocycles. The third-order valence-electron chi connectivity index (χ3n) is 2.97. The van der Waals surface area contributed by atoms with Crippen molar-refractivity contribution in [3.05, 3.63) is 0 Å². The lowest BCUT2D eigenvalue weighted by Crippen LogP contribution is -2.45. The number of amides is 1. The minimum atomic E-state index is -0.0889. The summed E-state index contributed by atoms with van der Waals surface area (Å²) in [5.74, 6) is 0.0608. The molecule has 4 heteroatoms. The van der Waals surface area contributed by atoms with E-state index < -0.39 is 0 Å². The Morgan fingerprint density at radius 2 is 2.36 bits per heavy atom. The number of likely N-dealkylation sites (tertiary alicyclic amines) is 1. The van der Waals surface area contributed by atoms with Gasteiger partial charge in [0, 0.05) is 19.6 Å². The summed E-state index contributed by atoms with van der Waals surface area (Å²) < 4.78 is 0. The van der Waals surface area contributed by atoms with Crippen molar-refractivity contribution in [2.75, 3.05) is 27.2 Å². The quantitative estimate of drug-likeness (QED) is 0.659. The highest BCUT2D eigenvalue weighted by Crippen LogP contribution is 2.13. The van der Waals surface area contributed by atoms with Gasteiger partial charge in [0.15, 0.2) is 0 Å². The van der Waals surface area contributed by atoms with Gasteiger partial charge in [-0.3, -0.25) is 4.79 Å². The van der Waals surface area contributed by atoms with Crippen LogP contribution in [-0.4, -0.2) is 50.1 Å². The standard InChI is InChI=1S/C10H21N3O/c1-8(10(14)11-2)12-7-9-5-4-6-13(9)3/h8-9,12H,4-7H2,1-3H3,(H,11,14). The summed E-state index contributed by atoms with van der Waals surface area (Å²) in [5, 5.41) is 5.89. The summed E-state index contributed by atoms with van der Waals surface area (Å²) in [5.41, 5.74) is 0. The van der Waals surface area contributed by atoms with Crippen LogP contribution in [-0.2, 0) is 4.79 Å². The molecule has 1 saturated heterocycles. The van der Waals surface area contributed by atoms with Crippen molar-refractivity contribution in [1.29, 1.82) is 0 Å². The molecule has 0 radical (unpaired) electrons. The predicted molar refractivity (Wildman–Crippen MR) is 57.2 cm³/mol. The summed E-state index contributed by atoms with van der Waals surface area (Å²) in [6, 6.07) is 0.510. The van der Waals surface area contributed by atoms with E-state index in [0.717, 1.165) is 6.54 Å². The maximum absolute atomic E-state index is 11.2. The first-order valence-electron chi connectivity index (χ1n) is 5.30. The van der Waals surface area contributed by atoms with E-state index in [1.807, 2.05) is 6.92 Å². The molecule has 1 aliphatic heterocycles. The van der Waals surface area contributed by atoms with Crippen molar-refractivity contribution in [3.8, 4) is 0 Å². The number of rotatable bonds is 4. The molecule has 1 aliphatic rings. The van der Waals surface area contributed by atoms with E-state index in [-0.39, 0.29) is 11.9 Å². The van der Waals surface area contributed by atoms with Gasteiger partial charge in [0.05, 0.1) is 6.04 Å². The van der Waals surface area contributed by atoms with Crippen molar-refractivity contribution in [2.24, 2.45) is 0 Å². The smallest absolute Gasteiger partial charge is 0.236 e. The Morgan fingerprint density at radius 1 is 1.64 bits per heavy atom. The third-order valence-corrected chi connectivity index (χ3v) is 2.97. The van der Waals surface area contributed by atoms with Crippen molar-refractivity contribution >= 4 is 5.91 Å². The Kier molecular flexibility index (Phi) is 4.35. The van der Waals surface area contributed by atoms with Gasteiger partial charge in [-0.1, -0.05) is 0 Å². The first kappa shape index (κ1) is 11.5. The fourth-order valence-electron chi connectivity index (χ4n) is 1.86. The van der Waals surface area contributed by atoms with Gasteiger partial charge in [-0.05, 0) is 33.4 Å². The van der Waals surface area contributed by atoms with Gasteiger partial charge in [-0.15, -0.1) is 0 Å². The Balaban J connectivity index is 2.22. The molecule has 0 spiro atoms. The van der Waals surface area contributed by atoms with Crippen molar-refractivity contribution < 1.29 is 4.79 Å². The molecule has 0 aromatic rings. The van der Waals surface area contributed by atoms with Crippen molar-refractivity contribution in [3.63, 3.8) is 0 Å². The fourth-order valence-corrected chi connectivity index (χ4v) is 1.86. The van der Waals surface area contributed by atoms with E-state index in [1.165, 1.54) is 19.4 Å². The topological polar surface area (TPSA) is 44.4 Å². The summed E-state index contributed by atoms with van der Waals surface area (Å²) in [6.07, 6.45) is 2.52. The SMILES string of the molecule is CNC(=O)C(C)NCC1CCCN1C. The first-order valence-corrected chi connectivity index (χ1v) is 5.30. The Labute approximate surface area is 86.0 Å². The molecule has 0 bridgehead atoms. The number of likely N-dealkylation sites (N-methyl/N-ethyl adjacent to an activating group) is 2. The summed E-state index contributed by atoms with van der Waals surface area (Å²) in [4.78, 5) is 13.6. The molecule has 1 amide bonds. The van der Waals surface area contributed by atoms with Crippen LogP contribution in [0.15, 0.2) is 0 Å². The molecule has 1 rings (SSSR count). The van der Waals surface area contributed by atoms with Crippen LogP contribution >= 0.6 is 0 Å². The normalized spacial score (nSPS) is 24.9. The number of nitrogens with one attached hydrogen (secondary N) is 2. The number of nitrogens with zero attached hydrogens (tertiary/aromatic N) is 1. The first-order chi connectivity index (χ1) is 6.65. The second-order valence-electron chi connectivity index (χ2n) is 4.02. The Hall–Kier alpha value is -0.610. The van der Waals surface area contributed by atoms with Gasteiger partial charge in [0.1, 0.15) is 0 Å². The van der Waals surface area contributed by atoms with Gasteiger partial charge < -0.3 is 15.5 Å². The zero-order valence-corrected chi connectivity index (χ0v) is 9.34. The third kappa shape index (κ3) is 2.96. The Morgan fingerprint density at radius 3 is 2.86 bits per heavy atom. The molecule has 14 heavy (non-hydrogen) atoms. The number of hydrogen-bond acceptors (Lipinski definition) is 3. The molecule has 0 saturated carbocycles. The van der Waals surface area contributed by atoms with E-state index in [2.05, 4.69) is 22.6 Å². The lowest BCUT2D eigenvalue weighted by atomic mass is 10.2. The van der Waals surface area contributed by atoms with Crippen LogP contribution in [0.3, 0.4) is 0 Å². The van der Waals surface area contributed by atoms with Gasteiger partial charge in [0.2, 0.25) is 5.91 Å². The van der Waals surface area contributed by atoms with Crippen LogP contribution in [0, 0.1) is 0 Å². The minimum Gasteiger partial charge on any atom is -0.358 e. The maximum Gasteiger partial charge on any atom is 0.236 e. The zero-order valence-electron chi connectivity index (χ0n) is 9.34. The summed E-state index contributed by atoms with van der Waals surface area (Å²) in [6.45, 7) is 3.99. The predicted octanol–water partition coefficient (Wildman–Crippen LogP) is -0.195. The molecule has 82 valence electrons. The molecule has 2 atom stereocenters. The maximum atomic E-state index is 11.2. The number of carbonyl (C=O) groups excluding carboxylic acids is 1. The summed E-state index contributed by atoms with van der Waals surface area (Å²) in [7, 11) is 3.81. The average Bonchev–Trinajstić information content (AvgIpc) is 2.59. The second-order valence-corrected chi connectivity index (χ2v) is 4.02. The number of carbonyl (C=O) groups is 1. The van der Waals surface area contributed by atoms with E-state index in [4.69, 9.17) is 0 Å². The molecule has 0 aliphatic carbocycles. The monoisotopic (exact) mass is 199 g/mol. The highest BCUT2D eigenvalue weighted by atomic mass is 16.2. The summed E-state index contributed by atoms with van der Waals surface area (Å²) >= 11 is 0. The van der Waals surface area contributed by atoms with Crippen molar-refractivity contribution in [1.82, 2.24) is 15.5 Å². The molecule has 0 aromatic heterocycles. The van der Waals surface area contributed by atoms with Gasteiger partial charge in [-0.2, -0.15) is 0 Å². The van der Waals surface area contributed by atoms with Gasteiger partial charge >= 0.3 is 0 Å². The zero-order chi connectivity index (χ0) is 10.6. The van der Waals surface area contributed by atoms with Crippen LogP contribution in [0.1, 0.15) is 19.8 Å². The molecule has 4 nitrogen and oxygen atoms in total. The lowest BCUT2D eigenvalue weighted by Gasteiger charge is -2.21. The van der Waals surface area contributed by atoms with Gasteiger partial charge in [-0.25, -0.2) is 0 Å². The van der Waals surface area contributed by atoms with Crippen LogP contribution < -0.4 is 10.6 Å². The highest BCUT2D eigenvalue weighted by Gasteiger charge is 2.21.